The van der Waals surface area contributed by atoms with E-state index < -0.39 is 0 Å². The van der Waals surface area contributed by atoms with Gasteiger partial charge in [0.05, 0.1) is 0 Å². The van der Waals surface area contributed by atoms with Crippen molar-refractivity contribution in [2.45, 2.75) is 13.3 Å². The molecule has 0 aliphatic rings. The van der Waals surface area contributed by atoms with Crippen LogP contribution in [0.25, 0.3) is 0 Å². The van der Waals surface area contributed by atoms with Gasteiger partial charge in [-0.1, -0.05) is 37.3 Å². The quantitative estimate of drug-likeness (QED) is 0.516. The van der Waals surface area contributed by atoms with E-state index in [2.05, 4.69) is 0 Å². The Kier molecular flexibility index (Phi) is 4.84. The number of Topliss-reactive ketones (excluding diaryl/α,β-unsaturated/α-hetero) is 1. The molecule has 0 radical (unpaired) electrons. The predicted octanol–water partition coefficient (Wildman–Crippen LogP) is 2.28. The summed E-state index contributed by atoms with van der Waals surface area (Å²) in [5, 5.41) is 0. The Morgan fingerprint density at radius 1 is 1.27 bits per heavy atom. The van der Waals surface area contributed by atoms with Gasteiger partial charge in [-0.3, -0.25) is 4.79 Å². The van der Waals surface area contributed by atoms with Gasteiger partial charge >= 0.3 is 0 Å². The summed E-state index contributed by atoms with van der Waals surface area (Å²) in [6.07, 6.45) is 0.587. The molecule has 0 fully saturated rings. The summed E-state index contributed by atoms with van der Waals surface area (Å²) in [6.45, 7) is 1.87. The first-order valence-electron chi connectivity index (χ1n) is 3.43. The molecule has 0 spiro atoms. The van der Waals surface area contributed by atoms with Gasteiger partial charge in [0.15, 0.2) is 5.78 Å². The third-order valence-corrected chi connectivity index (χ3v) is 1.42. The van der Waals surface area contributed by atoms with Gasteiger partial charge in [-0.25, -0.2) is 0 Å². The largest absolute Gasteiger partial charge is 0.294 e. The molecule has 1 aromatic carbocycles. The molecule has 1 aromatic rings. The summed E-state index contributed by atoms with van der Waals surface area (Å²) >= 11 is 0. The summed E-state index contributed by atoms with van der Waals surface area (Å²) in [6, 6.07) is 9.34. The van der Waals surface area contributed by atoms with Gasteiger partial charge in [0.25, 0.3) is 0 Å². The maximum absolute atomic E-state index is 11.0. The fraction of sp³-hybridized carbons (Fsp3) is 0.222. The van der Waals surface area contributed by atoms with Crippen LogP contribution in [0.4, 0.5) is 0 Å². The second kappa shape index (κ2) is 5.11. The van der Waals surface area contributed by atoms with Gasteiger partial charge in [0.2, 0.25) is 0 Å². The van der Waals surface area contributed by atoms with Crippen LogP contribution in [0.15, 0.2) is 30.3 Å². The zero-order chi connectivity index (χ0) is 7.40. The summed E-state index contributed by atoms with van der Waals surface area (Å²) in [5.74, 6) is 0.209. The molecule has 0 saturated heterocycles. The minimum atomic E-state index is 0. The zero-order valence-corrected chi connectivity index (χ0v) is 7.46. The van der Waals surface area contributed by atoms with Crippen LogP contribution in [0.5, 0.6) is 0 Å². The van der Waals surface area contributed by atoms with Gasteiger partial charge in [-0.15, -0.1) is 0 Å². The molecule has 1 rings (SSSR count). The third kappa shape index (κ3) is 2.87. The van der Waals surface area contributed by atoms with E-state index in [0.717, 1.165) is 5.56 Å². The minimum absolute atomic E-state index is 0. The van der Waals surface area contributed by atoms with Crippen LogP contribution in [0.3, 0.4) is 0 Å². The first kappa shape index (κ1) is 10.4. The molecule has 0 aliphatic carbocycles. The molecule has 0 N–H and O–H groups in total. The normalized spacial score (nSPS) is 8.45. The first-order valence-corrected chi connectivity index (χ1v) is 3.43. The van der Waals surface area contributed by atoms with Gasteiger partial charge in [0, 0.05) is 29.1 Å². The molecule has 0 saturated carbocycles. The molecule has 60 valence electrons. The van der Waals surface area contributed by atoms with Crippen LogP contribution >= 0.6 is 0 Å². The van der Waals surface area contributed by atoms with Crippen LogP contribution < -0.4 is 0 Å². The SMILES string of the molecule is CCC(=O)c1ccccc1.[Fe]. The fourth-order valence-corrected chi connectivity index (χ4v) is 0.828. The molecule has 0 bridgehead atoms. The van der Waals surface area contributed by atoms with Crippen molar-refractivity contribution in [3.63, 3.8) is 0 Å². The number of rotatable bonds is 2. The maximum atomic E-state index is 11.0. The van der Waals surface area contributed by atoms with Gasteiger partial charge in [-0.05, 0) is 0 Å². The van der Waals surface area contributed by atoms with Crippen LogP contribution in [0.1, 0.15) is 23.7 Å². The molecule has 0 aliphatic heterocycles. The van der Waals surface area contributed by atoms with E-state index in [1.807, 2.05) is 37.3 Å². The van der Waals surface area contributed by atoms with E-state index in [4.69, 9.17) is 0 Å². The summed E-state index contributed by atoms with van der Waals surface area (Å²) < 4.78 is 0. The Morgan fingerprint density at radius 3 is 2.27 bits per heavy atom. The van der Waals surface area contributed by atoms with E-state index in [1.165, 1.54) is 0 Å². The number of carbonyl (C=O) groups is 1. The number of ketones is 1. The second-order valence-electron chi connectivity index (χ2n) is 2.14. The summed E-state index contributed by atoms with van der Waals surface area (Å²) in [5.41, 5.74) is 0.810. The average Bonchev–Trinajstić information content (AvgIpc) is 2.05. The Bertz CT molecular complexity index is 218. The minimum Gasteiger partial charge on any atom is -0.294 e. The average molecular weight is 190 g/mol. The smallest absolute Gasteiger partial charge is 0.162 e. The van der Waals surface area contributed by atoms with Gasteiger partial charge < -0.3 is 0 Å². The molecule has 0 aromatic heterocycles. The Labute approximate surface area is 77.3 Å². The molecule has 0 unspecified atom stereocenters. The molecular formula is C9H10FeO. The summed E-state index contributed by atoms with van der Waals surface area (Å²) in [4.78, 5) is 11.0. The van der Waals surface area contributed by atoms with E-state index in [1.54, 1.807) is 0 Å². The van der Waals surface area contributed by atoms with Crippen molar-refractivity contribution in [2.24, 2.45) is 0 Å². The van der Waals surface area contributed by atoms with Crippen molar-refractivity contribution in [2.75, 3.05) is 0 Å². The van der Waals surface area contributed by atoms with Crippen molar-refractivity contribution < 1.29 is 21.9 Å². The van der Waals surface area contributed by atoms with Gasteiger partial charge in [0.1, 0.15) is 0 Å². The van der Waals surface area contributed by atoms with Crippen LogP contribution in [-0.4, -0.2) is 5.78 Å². The maximum Gasteiger partial charge on any atom is 0.162 e. The van der Waals surface area contributed by atoms with Crippen molar-refractivity contribution >= 4 is 5.78 Å². The molecule has 11 heavy (non-hydrogen) atoms. The number of benzene rings is 1. The standard InChI is InChI=1S/C9H10O.Fe/c1-2-9(10)8-6-4-3-5-7-8;/h3-7H,2H2,1H3;. The second-order valence-corrected chi connectivity index (χ2v) is 2.14. The molecule has 0 heterocycles. The molecule has 0 amide bonds. The molecule has 2 heteroatoms. The van der Waals surface area contributed by atoms with E-state index in [0.29, 0.717) is 6.42 Å². The zero-order valence-electron chi connectivity index (χ0n) is 6.36. The predicted molar refractivity (Wildman–Crippen MR) is 41.1 cm³/mol. The van der Waals surface area contributed by atoms with Crippen LogP contribution in [-0.2, 0) is 17.1 Å². The van der Waals surface area contributed by atoms with Crippen LogP contribution in [0.2, 0.25) is 0 Å². The Morgan fingerprint density at radius 2 is 1.82 bits per heavy atom. The van der Waals surface area contributed by atoms with Gasteiger partial charge in [-0.2, -0.15) is 0 Å². The van der Waals surface area contributed by atoms with Crippen molar-refractivity contribution in [3.8, 4) is 0 Å². The van der Waals surface area contributed by atoms with Crippen molar-refractivity contribution in [1.82, 2.24) is 0 Å². The number of hydrogen-bond acceptors (Lipinski definition) is 1. The molecule has 1 nitrogen and oxygen atoms in total. The van der Waals surface area contributed by atoms with Crippen molar-refractivity contribution in [1.29, 1.82) is 0 Å². The summed E-state index contributed by atoms with van der Waals surface area (Å²) in [7, 11) is 0. The topological polar surface area (TPSA) is 17.1 Å². The van der Waals surface area contributed by atoms with E-state index in [-0.39, 0.29) is 22.9 Å². The fourth-order valence-electron chi connectivity index (χ4n) is 0.828. The monoisotopic (exact) mass is 190 g/mol. The third-order valence-electron chi connectivity index (χ3n) is 1.42. The van der Waals surface area contributed by atoms with Crippen LogP contribution in [0, 0.1) is 0 Å². The van der Waals surface area contributed by atoms with E-state index >= 15 is 0 Å². The molecular weight excluding hydrogens is 180 g/mol. The van der Waals surface area contributed by atoms with E-state index in [9.17, 15) is 4.79 Å². The molecule has 0 atom stereocenters. The Balaban J connectivity index is 0.000001000. The number of hydrogen-bond donors (Lipinski definition) is 0. The van der Waals surface area contributed by atoms with Crippen molar-refractivity contribution in [3.05, 3.63) is 35.9 Å². The first-order chi connectivity index (χ1) is 4.84. The Hall–Kier alpha value is -0.591. The number of carbonyl (C=O) groups excluding carboxylic acids is 1.